The zero-order valence-electron chi connectivity index (χ0n) is 11.5. The van der Waals surface area contributed by atoms with Gasteiger partial charge in [-0.05, 0) is 31.9 Å². The summed E-state index contributed by atoms with van der Waals surface area (Å²) < 4.78 is 5.70. The Hall–Kier alpha value is -1.68. The first-order chi connectivity index (χ1) is 9.61. The molecule has 5 heteroatoms. The lowest BCUT2D eigenvalue weighted by Gasteiger charge is -2.06. The van der Waals surface area contributed by atoms with Crippen LogP contribution < -0.4 is 4.74 Å². The highest BCUT2D eigenvalue weighted by Gasteiger charge is 2.39. The van der Waals surface area contributed by atoms with Crippen molar-refractivity contribution >= 4 is 11.6 Å². The molecule has 4 nitrogen and oxygen atoms in total. The summed E-state index contributed by atoms with van der Waals surface area (Å²) in [6.07, 6.45) is 3.03. The summed E-state index contributed by atoms with van der Waals surface area (Å²) in [4.78, 5) is 12.7. The highest BCUT2D eigenvalue weighted by Crippen LogP contribution is 2.46. The van der Waals surface area contributed by atoms with Crippen molar-refractivity contribution in [1.29, 1.82) is 0 Å². The molecule has 2 aromatic rings. The topological polar surface area (TPSA) is 47.9 Å². The van der Waals surface area contributed by atoms with E-state index in [4.69, 9.17) is 16.3 Å². The molecule has 1 saturated carbocycles. The van der Waals surface area contributed by atoms with Crippen molar-refractivity contribution in [2.24, 2.45) is 5.92 Å². The first kappa shape index (κ1) is 13.3. The molecular formula is C15H16ClN3O. The first-order valence-electron chi connectivity index (χ1n) is 6.68. The minimum atomic E-state index is 0.417. The van der Waals surface area contributed by atoms with Crippen molar-refractivity contribution in [3.63, 3.8) is 0 Å². The second kappa shape index (κ2) is 5.37. The Morgan fingerprint density at radius 2 is 2.15 bits per heavy atom. The Morgan fingerprint density at radius 1 is 1.30 bits per heavy atom. The van der Waals surface area contributed by atoms with Crippen LogP contribution in [0, 0.1) is 19.8 Å². The van der Waals surface area contributed by atoms with Crippen LogP contribution in [0.25, 0.3) is 0 Å². The Labute approximate surface area is 123 Å². The average Bonchev–Trinajstić information content (AvgIpc) is 3.16. The normalized spacial score (nSPS) is 20.8. The van der Waals surface area contributed by atoms with Gasteiger partial charge in [-0.3, -0.25) is 4.98 Å². The van der Waals surface area contributed by atoms with Gasteiger partial charge in [-0.25, -0.2) is 4.98 Å². The molecule has 0 amide bonds. The second-order valence-electron chi connectivity index (χ2n) is 5.25. The molecule has 1 aliphatic carbocycles. The van der Waals surface area contributed by atoms with Gasteiger partial charge in [-0.15, -0.1) is 0 Å². The zero-order chi connectivity index (χ0) is 14.1. The molecule has 2 heterocycles. The quantitative estimate of drug-likeness (QED) is 0.810. The van der Waals surface area contributed by atoms with Crippen LogP contribution >= 0.6 is 11.6 Å². The van der Waals surface area contributed by atoms with Gasteiger partial charge >= 0.3 is 0 Å². The predicted molar refractivity (Wildman–Crippen MR) is 77.1 cm³/mol. The van der Waals surface area contributed by atoms with E-state index < -0.39 is 0 Å². The Morgan fingerprint density at radius 3 is 2.85 bits per heavy atom. The molecule has 0 saturated heterocycles. The van der Waals surface area contributed by atoms with E-state index in [2.05, 4.69) is 27.1 Å². The third-order valence-corrected chi connectivity index (χ3v) is 3.66. The molecular weight excluding hydrogens is 274 g/mol. The van der Waals surface area contributed by atoms with Crippen molar-refractivity contribution in [2.75, 3.05) is 6.61 Å². The lowest BCUT2D eigenvalue weighted by Crippen LogP contribution is -2.04. The number of ether oxygens (including phenoxy) is 1. The van der Waals surface area contributed by atoms with Gasteiger partial charge in [0, 0.05) is 29.8 Å². The molecule has 0 aliphatic heterocycles. The largest absolute Gasteiger partial charge is 0.477 e. The van der Waals surface area contributed by atoms with Gasteiger partial charge in [0.2, 0.25) is 5.88 Å². The number of hydrogen-bond donors (Lipinski definition) is 0. The fourth-order valence-corrected chi connectivity index (χ4v) is 2.48. The molecule has 20 heavy (non-hydrogen) atoms. The molecule has 0 aromatic carbocycles. The summed E-state index contributed by atoms with van der Waals surface area (Å²) in [6, 6.07) is 5.86. The molecule has 0 bridgehead atoms. The van der Waals surface area contributed by atoms with E-state index >= 15 is 0 Å². The summed E-state index contributed by atoms with van der Waals surface area (Å²) in [5, 5.41) is 0.417. The predicted octanol–water partition coefficient (Wildman–Crippen LogP) is 3.32. The van der Waals surface area contributed by atoms with Crippen molar-refractivity contribution in [3.8, 4) is 5.88 Å². The van der Waals surface area contributed by atoms with Crippen molar-refractivity contribution in [2.45, 2.75) is 26.2 Å². The zero-order valence-corrected chi connectivity index (χ0v) is 12.3. The number of hydrogen-bond acceptors (Lipinski definition) is 4. The number of nitrogens with zero attached hydrogens (tertiary/aromatic N) is 3. The summed E-state index contributed by atoms with van der Waals surface area (Å²) in [6.45, 7) is 4.49. The van der Waals surface area contributed by atoms with E-state index in [1.54, 1.807) is 13.0 Å². The Kier molecular flexibility index (Phi) is 3.57. The summed E-state index contributed by atoms with van der Waals surface area (Å²) >= 11 is 5.88. The molecule has 1 fully saturated rings. The van der Waals surface area contributed by atoms with Crippen molar-refractivity contribution in [1.82, 2.24) is 15.0 Å². The SMILES string of the molecule is Cc1ccc(C2CC2COc2cc(Cl)nc(C)n2)nc1. The monoisotopic (exact) mass is 289 g/mol. The average molecular weight is 290 g/mol. The van der Waals surface area contributed by atoms with E-state index in [0.717, 1.165) is 12.1 Å². The maximum Gasteiger partial charge on any atom is 0.218 e. The van der Waals surface area contributed by atoms with Crippen LogP contribution in [0.5, 0.6) is 5.88 Å². The van der Waals surface area contributed by atoms with Gasteiger partial charge < -0.3 is 4.74 Å². The van der Waals surface area contributed by atoms with Crippen LogP contribution in [0.2, 0.25) is 5.15 Å². The van der Waals surface area contributed by atoms with Gasteiger partial charge in [-0.2, -0.15) is 4.98 Å². The van der Waals surface area contributed by atoms with E-state index in [1.807, 2.05) is 13.1 Å². The molecule has 0 N–H and O–H groups in total. The number of halogens is 1. The summed E-state index contributed by atoms with van der Waals surface area (Å²) in [5.74, 6) is 2.19. The van der Waals surface area contributed by atoms with Gasteiger partial charge in [0.05, 0.1) is 6.61 Å². The van der Waals surface area contributed by atoms with Crippen LogP contribution in [0.4, 0.5) is 0 Å². The van der Waals surface area contributed by atoms with Crippen LogP contribution in [0.15, 0.2) is 24.4 Å². The van der Waals surface area contributed by atoms with Crippen LogP contribution in [0.3, 0.4) is 0 Å². The number of rotatable bonds is 4. The fraction of sp³-hybridized carbons (Fsp3) is 0.400. The maximum absolute atomic E-state index is 5.88. The second-order valence-corrected chi connectivity index (χ2v) is 5.64. The van der Waals surface area contributed by atoms with Gasteiger partial charge in [0.15, 0.2) is 0 Å². The minimum absolute atomic E-state index is 0.417. The number of aryl methyl sites for hydroxylation is 2. The molecule has 3 rings (SSSR count). The number of pyridine rings is 1. The highest BCUT2D eigenvalue weighted by molar-refractivity contribution is 6.29. The lowest BCUT2D eigenvalue weighted by molar-refractivity contribution is 0.284. The molecule has 104 valence electrons. The van der Waals surface area contributed by atoms with Gasteiger partial charge in [0.1, 0.15) is 11.0 Å². The van der Waals surface area contributed by atoms with Crippen LogP contribution in [-0.4, -0.2) is 21.6 Å². The van der Waals surface area contributed by atoms with Crippen LogP contribution in [0.1, 0.15) is 29.4 Å². The first-order valence-corrected chi connectivity index (χ1v) is 7.06. The lowest BCUT2D eigenvalue weighted by atomic mass is 10.2. The molecule has 0 radical (unpaired) electrons. The molecule has 0 spiro atoms. The van der Waals surface area contributed by atoms with Crippen molar-refractivity contribution in [3.05, 3.63) is 46.6 Å². The molecule has 2 unspecified atom stereocenters. The standard InChI is InChI=1S/C15H16ClN3O/c1-9-3-4-13(17-7-9)12-5-11(12)8-20-15-6-14(16)18-10(2)19-15/h3-4,6-7,11-12H,5,8H2,1-2H3. The van der Waals surface area contributed by atoms with E-state index in [9.17, 15) is 0 Å². The molecule has 2 aromatic heterocycles. The fourth-order valence-electron chi connectivity index (χ4n) is 2.26. The maximum atomic E-state index is 5.88. The summed E-state index contributed by atoms with van der Waals surface area (Å²) in [5.41, 5.74) is 2.34. The smallest absolute Gasteiger partial charge is 0.218 e. The number of aromatic nitrogens is 3. The third-order valence-electron chi connectivity index (χ3n) is 3.47. The third kappa shape index (κ3) is 3.07. The molecule has 1 aliphatic rings. The Bertz CT molecular complexity index is 595. The van der Waals surface area contributed by atoms with E-state index in [-0.39, 0.29) is 0 Å². The van der Waals surface area contributed by atoms with E-state index in [1.165, 1.54) is 5.56 Å². The van der Waals surface area contributed by atoms with Gasteiger partial charge in [0.25, 0.3) is 0 Å². The van der Waals surface area contributed by atoms with Crippen LogP contribution in [-0.2, 0) is 0 Å². The minimum Gasteiger partial charge on any atom is -0.477 e. The van der Waals surface area contributed by atoms with E-state index in [0.29, 0.717) is 35.3 Å². The highest BCUT2D eigenvalue weighted by atomic mass is 35.5. The summed E-state index contributed by atoms with van der Waals surface area (Å²) in [7, 11) is 0. The van der Waals surface area contributed by atoms with Crippen molar-refractivity contribution < 1.29 is 4.74 Å². The van der Waals surface area contributed by atoms with Gasteiger partial charge in [-0.1, -0.05) is 17.7 Å². The molecule has 2 atom stereocenters. The Balaban J connectivity index is 1.57.